The number of hydrogen-bond acceptors (Lipinski definition) is 3. The van der Waals surface area contributed by atoms with Gasteiger partial charge in [0, 0.05) is 12.6 Å². The zero-order valence-corrected chi connectivity index (χ0v) is 9.60. The fourth-order valence-electron chi connectivity index (χ4n) is 1.49. The Bertz CT molecular complexity index is 507. The summed E-state index contributed by atoms with van der Waals surface area (Å²) in [4.78, 5) is 7.71. The summed E-state index contributed by atoms with van der Waals surface area (Å²) in [6, 6.07) is 6.01. The molecule has 1 unspecified atom stereocenters. The first-order valence-corrected chi connectivity index (χ1v) is 5.42. The normalized spacial score (nSPS) is 12.4. The molecule has 0 saturated heterocycles. The van der Waals surface area contributed by atoms with Crippen LogP contribution in [0, 0.1) is 5.82 Å². The van der Waals surface area contributed by atoms with E-state index in [1.54, 1.807) is 18.3 Å². The van der Waals surface area contributed by atoms with Crippen molar-refractivity contribution >= 4 is 11.6 Å². The maximum Gasteiger partial charge on any atom is 0.141 e. The standard InChI is InChI=1S/C12H10ClFN2O/c13-9-5-8(1-2-10(9)14)6-12(17)11-3-4-15-7-16-11/h1-5,7,12,17H,6H2. The van der Waals surface area contributed by atoms with E-state index in [9.17, 15) is 9.50 Å². The van der Waals surface area contributed by atoms with E-state index in [1.807, 2.05) is 0 Å². The average molecular weight is 253 g/mol. The molecule has 0 amide bonds. The molecule has 1 N–H and O–H groups in total. The first-order chi connectivity index (χ1) is 8.16. The summed E-state index contributed by atoms with van der Waals surface area (Å²) in [7, 11) is 0. The molecule has 0 fully saturated rings. The third-order valence-corrected chi connectivity index (χ3v) is 2.65. The Morgan fingerprint density at radius 2 is 2.18 bits per heavy atom. The number of nitrogens with zero attached hydrogens (tertiary/aromatic N) is 2. The van der Waals surface area contributed by atoms with E-state index in [4.69, 9.17) is 11.6 Å². The first-order valence-electron chi connectivity index (χ1n) is 5.04. The van der Waals surface area contributed by atoms with Crippen LogP contribution < -0.4 is 0 Å². The monoisotopic (exact) mass is 252 g/mol. The molecule has 0 aliphatic rings. The van der Waals surface area contributed by atoms with Gasteiger partial charge in [-0.15, -0.1) is 0 Å². The van der Waals surface area contributed by atoms with E-state index in [0.29, 0.717) is 12.1 Å². The molecule has 5 heteroatoms. The van der Waals surface area contributed by atoms with Crippen LogP contribution >= 0.6 is 11.6 Å². The van der Waals surface area contributed by atoms with Gasteiger partial charge >= 0.3 is 0 Å². The Balaban J connectivity index is 2.13. The van der Waals surface area contributed by atoms with Gasteiger partial charge in [0.2, 0.25) is 0 Å². The first kappa shape index (κ1) is 12.0. The van der Waals surface area contributed by atoms with Crippen molar-refractivity contribution in [3.05, 3.63) is 58.9 Å². The number of hydrogen-bond donors (Lipinski definition) is 1. The van der Waals surface area contributed by atoms with Crippen molar-refractivity contribution in [3.8, 4) is 0 Å². The Labute approximate surface area is 103 Å². The molecule has 0 spiro atoms. The highest BCUT2D eigenvalue weighted by Crippen LogP contribution is 2.20. The van der Waals surface area contributed by atoms with E-state index in [0.717, 1.165) is 5.56 Å². The summed E-state index contributed by atoms with van der Waals surface area (Å²) < 4.78 is 12.9. The summed E-state index contributed by atoms with van der Waals surface area (Å²) in [5.74, 6) is -0.466. The smallest absolute Gasteiger partial charge is 0.141 e. The Kier molecular flexibility index (Phi) is 3.66. The molecule has 2 rings (SSSR count). The quantitative estimate of drug-likeness (QED) is 0.913. The maximum absolute atomic E-state index is 12.9. The number of aromatic nitrogens is 2. The summed E-state index contributed by atoms with van der Waals surface area (Å²) in [6.07, 6.45) is 2.51. The van der Waals surface area contributed by atoms with Gasteiger partial charge in [0.05, 0.1) is 10.7 Å². The van der Waals surface area contributed by atoms with Crippen LogP contribution in [-0.2, 0) is 6.42 Å². The molecule has 0 saturated carbocycles. The second-order valence-corrected chi connectivity index (χ2v) is 4.01. The van der Waals surface area contributed by atoms with Gasteiger partial charge in [-0.2, -0.15) is 0 Å². The number of aliphatic hydroxyl groups excluding tert-OH is 1. The van der Waals surface area contributed by atoms with Crippen molar-refractivity contribution in [1.82, 2.24) is 9.97 Å². The zero-order chi connectivity index (χ0) is 12.3. The summed E-state index contributed by atoms with van der Waals surface area (Å²) in [5.41, 5.74) is 1.28. The molecule has 0 aliphatic carbocycles. The SMILES string of the molecule is OC(Cc1ccc(F)c(Cl)c1)c1ccncn1. The van der Waals surface area contributed by atoms with Crippen molar-refractivity contribution in [3.63, 3.8) is 0 Å². The molecule has 0 aliphatic heterocycles. The highest BCUT2D eigenvalue weighted by Gasteiger charge is 2.10. The number of benzene rings is 1. The van der Waals surface area contributed by atoms with Gasteiger partial charge in [0.25, 0.3) is 0 Å². The molecule has 2 aromatic rings. The van der Waals surface area contributed by atoms with Crippen molar-refractivity contribution in [2.24, 2.45) is 0 Å². The van der Waals surface area contributed by atoms with E-state index in [2.05, 4.69) is 9.97 Å². The second-order valence-electron chi connectivity index (χ2n) is 3.60. The van der Waals surface area contributed by atoms with Crippen molar-refractivity contribution in [2.75, 3.05) is 0 Å². The van der Waals surface area contributed by atoms with Crippen molar-refractivity contribution in [1.29, 1.82) is 0 Å². The lowest BCUT2D eigenvalue weighted by atomic mass is 10.1. The maximum atomic E-state index is 12.9. The Morgan fingerprint density at radius 3 is 2.82 bits per heavy atom. The average Bonchev–Trinajstić information content (AvgIpc) is 2.35. The fourth-order valence-corrected chi connectivity index (χ4v) is 1.70. The van der Waals surface area contributed by atoms with Gasteiger partial charge < -0.3 is 5.11 Å². The molecular weight excluding hydrogens is 243 g/mol. The lowest BCUT2D eigenvalue weighted by molar-refractivity contribution is 0.173. The van der Waals surface area contributed by atoms with Crippen LogP contribution in [0.1, 0.15) is 17.4 Å². The molecule has 0 bridgehead atoms. The van der Waals surface area contributed by atoms with E-state index in [1.165, 1.54) is 18.5 Å². The van der Waals surface area contributed by atoms with Crippen LogP contribution in [0.4, 0.5) is 4.39 Å². The lowest BCUT2D eigenvalue weighted by Crippen LogP contribution is -2.04. The van der Waals surface area contributed by atoms with Gasteiger partial charge in [0.1, 0.15) is 18.2 Å². The predicted octanol–water partition coefficient (Wildman–Crippen LogP) is 2.55. The van der Waals surface area contributed by atoms with Gasteiger partial charge in [-0.1, -0.05) is 17.7 Å². The molecule has 88 valence electrons. The van der Waals surface area contributed by atoms with Crippen LogP contribution in [0.2, 0.25) is 5.02 Å². The second kappa shape index (κ2) is 5.21. The molecule has 17 heavy (non-hydrogen) atoms. The van der Waals surface area contributed by atoms with Crippen molar-refractivity contribution in [2.45, 2.75) is 12.5 Å². The number of halogens is 2. The highest BCUT2D eigenvalue weighted by atomic mass is 35.5. The third kappa shape index (κ3) is 2.99. The minimum Gasteiger partial charge on any atom is -0.386 e. The van der Waals surface area contributed by atoms with Crippen LogP contribution in [0.5, 0.6) is 0 Å². The highest BCUT2D eigenvalue weighted by molar-refractivity contribution is 6.30. The summed E-state index contributed by atoms with van der Waals surface area (Å²) in [6.45, 7) is 0. The largest absolute Gasteiger partial charge is 0.386 e. The minimum atomic E-state index is -0.750. The minimum absolute atomic E-state index is 0.0531. The summed E-state index contributed by atoms with van der Waals surface area (Å²) in [5, 5.41) is 9.96. The molecule has 1 aromatic heterocycles. The Hall–Kier alpha value is -1.52. The molecule has 3 nitrogen and oxygen atoms in total. The molecular formula is C12H10ClFN2O. The third-order valence-electron chi connectivity index (χ3n) is 2.36. The zero-order valence-electron chi connectivity index (χ0n) is 8.85. The number of rotatable bonds is 3. The van der Waals surface area contributed by atoms with Crippen LogP contribution in [0.15, 0.2) is 36.8 Å². The molecule has 1 heterocycles. The summed E-state index contributed by atoms with van der Waals surface area (Å²) >= 11 is 5.66. The topological polar surface area (TPSA) is 46.0 Å². The molecule has 1 aromatic carbocycles. The molecule has 0 radical (unpaired) electrons. The van der Waals surface area contributed by atoms with Gasteiger partial charge in [-0.25, -0.2) is 14.4 Å². The van der Waals surface area contributed by atoms with E-state index < -0.39 is 11.9 Å². The van der Waals surface area contributed by atoms with Crippen molar-refractivity contribution < 1.29 is 9.50 Å². The Morgan fingerprint density at radius 1 is 1.35 bits per heavy atom. The van der Waals surface area contributed by atoms with Gasteiger partial charge in [-0.3, -0.25) is 0 Å². The van der Waals surface area contributed by atoms with Crippen LogP contribution in [0.3, 0.4) is 0 Å². The van der Waals surface area contributed by atoms with Crippen LogP contribution in [-0.4, -0.2) is 15.1 Å². The van der Waals surface area contributed by atoms with Gasteiger partial charge in [0.15, 0.2) is 0 Å². The predicted molar refractivity (Wildman–Crippen MR) is 62.1 cm³/mol. The lowest BCUT2D eigenvalue weighted by Gasteiger charge is -2.09. The molecule has 1 atom stereocenters. The van der Waals surface area contributed by atoms with Gasteiger partial charge in [-0.05, 0) is 23.8 Å². The van der Waals surface area contributed by atoms with E-state index in [-0.39, 0.29) is 5.02 Å². The fraction of sp³-hybridized carbons (Fsp3) is 0.167. The van der Waals surface area contributed by atoms with E-state index >= 15 is 0 Å². The number of aliphatic hydroxyl groups is 1. The van der Waals surface area contributed by atoms with Crippen LogP contribution in [0.25, 0.3) is 0 Å².